The Bertz CT molecular complexity index is 1110. The number of nitrogens with zero attached hydrogens (tertiary/aromatic N) is 3. The van der Waals surface area contributed by atoms with E-state index in [4.69, 9.17) is 0 Å². The van der Waals surface area contributed by atoms with Crippen LogP contribution in [0.5, 0.6) is 0 Å². The summed E-state index contributed by atoms with van der Waals surface area (Å²) in [5, 5.41) is 2.68. The highest BCUT2D eigenvalue weighted by atomic mass is 16.2. The Kier molecular flexibility index (Phi) is 4.31. The van der Waals surface area contributed by atoms with E-state index in [2.05, 4.69) is 10.3 Å². The quantitative estimate of drug-likeness (QED) is 0.560. The number of nitrogens with one attached hydrogen (secondary N) is 1. The zero-order valence-electron chi connectivity index (χ0n) is 15.9. The minimum Gasteiger partial charge on any atom is -0.303 e. The van der Waals surface area contributed by atoms with E-state index in [1.54, 1.807) is 36.5 Å². The van der Waals surface area contributed by atoms with E-state index < -0.39 is 6.03 Å². The molecule has 140 valence electrons. The first-order chi connectivity index (χ1) is 13.5. The lowest BCUT2D eigenvalue weighted by Crippen LogP contribution is -2.30. The van der Waals surface area contributed by atoms with Crippen molar-refractivity contribution in [2.75, 3.05) is 4.90 Å². The van der Waals surface area contributed by atoms with Crippen molar-refractivity contribution < 1.29 is 9.59 Å². The SMILES string of the molecule is Cc1ccnc(-n2c(C)cc(/C=C3\NC(=O)N(c4ccccc4)C3=O)c2C)c1. The normalized spacial score (nSPS) is 15.4. The second kappa shape index (κ2) is 6.81. The molecule has 0 spiro atoms. The molecule has 2 aromatic heterocycles. The van der Waals surface area contributed by atoms with E-state index >= 15 is 0 Å². The summed E-state index contributed by atoms with van der Waals surface area (Å²) in [4.78, 5) is 30.7. The van der Waals surface area contributed by atoms with E-state index in [-0.39, 0.29) is 11.6 Å². The third kappa shape index (κ3) is 2.99. The molecule has 3 aromatic rings. The monoisotopic (exact) mass is 372 g/mol. The number of hydrogen-bond acceptors (Lipinski definition) is 3. The molecule has 6 nitrogen and oxygen atoms in total. The van der Waals surface area contributed by atoms with Gasteiger partial charge in [-0.05, 0) is 68.3 Å². The van der Waals surface area contributed by atoms with Gasteiger partial charge in [0.15, 0.2) is 0 Å². The Balaban J connectivity index is 1.72. The van der Waals surface area contributed by atoms with Crippen LogP contribution in [0.4, 0.5) is 10.5 Å². The lowest BCUT2D eigenvalue weighted by molar-refractivity contribution is -0.113. The predicted molar refractivity (Wildman–Crippen MR) is 108 cm³/mol. The number of anilines is 1. The van der Waals surface area contributed by atoms with Crippen LogP contribution in [0.2, 0.25) is 0 Å². The number of hydrogen-bond donors (Lipinski definition) is 1. The second-order valence-corrected chi connectivity index (χ2v) is 6.82. The van der Waals surface area contributed by atoms with Crippen LogP contribution in [0.25, 0.3) is 11.9 Å². The first-order valence-electron chi connectivity index (χ1n) is 9.00. The fraction of sp³-hybridized carbons (Fsp3) is 0.136. The van der Waals surface area contributed by atoms with Crippen LogP contribution in [-0.2, 0) is 4.79 Å². The molecule has 3 heterocycles. The molecule has 1 saturated heterocycles. The lowest BCUT2D eigenvalue weighted by Gasteiger charge is -2.10. The van der Waals surface area contributed by atoms with Gasteiger partial charge in [-0.3, -0.25) is 4.79 Å². The van der Waals surface area contributed by atoms with Gasteiger partial charge in [0.1, 0.15) is 11.5 Å². The second-order valence-electron chi connectivity index (χ2n) is 6.82. The highest BCUT2D eigenvalue weighted by molar-refractivity contribution is 6.28. The molecule has 0 unspecified atom stereocenters. The fourth-order valence-electron chi connectivity index (χ4n) is 3.43. The van der Waals surface area contributed by atoms with Crippen molar-refractivity contribution in [2.45, 2.75) is 20.8 Å². The maximum atomic E-state index is 12.8. The summed E-state index contributed by atoms with van der Waals surface area (Å²) in [6, 6.07) is 14.4. The summed E-state index contributed by atoms with van der Waals surface area (Å²) in [5.74, 6) is 0.460. The number of aryl methyl sites for hydroxylation is 2. The number of pyridine rings is 1. The number of imide groups is 1. The van der Waals surface area contributed by atoms with E-state index in [9.17, 15) is 9.59 Å². The topological polar surface area (TPSA) is 67.2 Å². The van der Waals surface area contributed by atoms with Crippen LogP contribution in [0.15, 0.2) is 60.4 Å². The number of aromatic nitrogens is 2. The van der Waals surface area contributed by atoms with E-state index in [0.29, 0.717) is 5.69 Å². The maximum absolute atomic E-state index is 12.8. The van der Waals surface area contributed by atoms with Crippen molar-refractivity contribution in [3.05, 3.63) is 82.9 Å². The summed E-state index contributed by atoms with van der Waals surface area (Å²) in [5.41, 5.74) is 4.73. The fourth-order valence-corrected chi connectivity index (χ4v) is 3.43. The zero-order valence-corrected chi connectivity index (χ0v) is 15.9. The highest BCUT2D eigenvalue weighted by Crippen LogP contribution is 2.25. The molecule has 1 N–H and O–H groups in total. The molecule has 1 fully saturated rings. The maximum Gasteiger partial charge on any atom is 0.333 e. The van der Waals surface area contributed by atoms with Crippen LogP contribution in [0, 0.1) is 20.8 Å². The average molecular weight is 372 g/mol. The molecule has 0 saturated carbocycles. The van der Waals surface area contributed by atoms with Crippen molar-refractivity contribution >= 4 is 23.7 Å². The lowest BCUT2D eigenvalue weighted by atomic mass is 10.2. The van der Waals surface area contributed by atoms with E-state index in [1.807, 2.05) is 49.6 Å². The summed E-state index contributed by atoms with van der Waals surface area (Å²) in [6.45, 7) is 5.98. The molecule has 3 amide bonds. The molecule has 4 rings (SSSR count). The van der Waals surface area contributed by atoms with Gasteiger partial charge in [-0.15, -0.1) is 0 Å². The Morgan fingerprint density at radius 2 is 1.75 bits per heavy atom. The van der Waals surface area contributed by atoms with Crippen LogP contribution in [0.1, 0.15) is 22.5 Å². The summed E-state index contributed by atoms with van der Waals surface area (Å²) >= 11 is 0. The number of carbonyl (C=O) groups excluding carboxylic acids is 2. The van der Waals surface area contributed by atoms with Gasteiger partial charge in [0.2, 0.25) is 0 Å². The molecule has 0 aliphatic carbocycles. The van der Waals surface area contributed by atoms with Crippen LogP contribution >= 0.6 is 0 Å². The molecule has 1 aliphatic heterocycles. The van der Waals surface area contributed by atoms with Crippen molar-refractivity contribution in [1.29, 1.82) is 0 Å². The van der Waals surface area contributed by atoms with Crippen LogP contribution < -0.4 is 10.2 Å². The zero-order chi connectivity index (χ0) is 19.8. The van der Waals surface area contributed by atoms with E-state index in [0.717, 1.165) is 33.2 Å². The first-order valence-corrected chi connectivity index (χ1v) is 9.00. The summed E-state index contributed by atoms with van der Waals surface area (Å²) in [7, 11) is 0. The molecule has 6 heteroatoms. The molecule has 0 radical (unpaired) electrons. The number of amides is 3. The van der Waals surface area contributed by atoms with Gasteiger partial charge in [0.05, 0.1) is 5.69 Å². The Labute approximate surface area is 163 Å². The standard InChI is InChI=1S/C22H20N4O2/c1-14-9-10-23-20(11-14)25-15(2)12-17(16(25)3)13-19-21(27)26(22(28)24-19)18-7-5-4-6-8-18/h4-13H,1-3H3,(H,24,28)/b19-13-. The number of carbonyl (C=O) groups is 2. The predicted octanol–water partition coefficient (Wildman–Crippen LogP) is 3.89. The van der Waals surface area contributed by atoms with E-state index in [1.165, 1.54) is 0 Å². The minimum atomic E-state index is -0.448. The van der Waals surface area contributed by atoms with Gasteiger partial charge in [-0.2, -0.15) is 0 Å². The number of urea groups is 1. The Morgan fingerprint density at radius 1 is 1.00 bits per heavy atom. The average Bonchev–Trinajstić information content (AvgIpc) is 3.11. The highest BCUT2D eigenvalue weighted by Gasteiger charge is 2.34. The van der Waals surface area contributed by atoms with Gasteiger partial charge in [-0.25, -0.2) is 14.7 Å². The van der Waals surface area contributed by atoms with Crippen molar-refractivity contribution in [3.8, 4) is 5.82 Å². The molecule has 0 bridgehead atoms. The molecular weight excluding hydrogens is 352 g/mol. The van der Waals surface area contributed by atoms with Gasteiger partial charge < -0.3 is 9.88 Å². The van der Waals surface area contributed by atoms with Gasteiger partial charge in [0.25, 0.3) is 5.91 Å². The summed E-state index contributed by atoms with van der Waals surface area (Å²) in [6.07, 6.45) is 3.50. The third-order valence-corrected chi connectivity index (χ3v) is 4.79. The van der Waals surface area contributed by atoms with Crippen LogP contribution in [-0.4, -0.2) is 21.5 Å². The van der Waals surface area contributed by atoms with Crippen molar-refractivity contribution in [2.24, 2.45) is 0 Å². The van der Waals surface area contributed by atoms with Gasteiger partial charge in [0, 0.05) is 17.6 Å². The number of para-hydroxylation sites is 1. The third-order valence-electron chi connectivity index (χ3n) is 4.79. The molecule has 28 heavy (non-hydrogen) atoms. The number of benzene rings is 1. The summed E-state index contributed by atoms with van der Waals surface area (Å²) < 4.78 is 2.04. The van der Waals surface area contributed by atoms with Gasteiger partial charge >= 0.3 is 6.03 Å². The van der Waals surface area contributed by atoms with Crippen LogP contribution in [0.3, 0.4) is 0 Å². The molecule has 1 aliphatic rings. The van der Waals surface area contributed by atoms with Gasteiger partial charge in [-0.1, -0.05) is 18.2 Å². The first kappa shape index (κ1) is 17.7. The molecule has 0 atom stereocenters. The van der Waals surface area contributed by atoms with Crippen molar-refractivity contribution in [1.82, 2.24) is 14.9 Å². The smallest absolute Gasteiger partial charge is 0.303 e. The Morgan fingerprint density at radius 3 is 2.46 bits per heavy atom. The molecule has 1 aromatic carbocycles. The molecular formula is C22H20N4O2. The van der Waals surface area contributed by atoms with Crippen molar-refractivity contribution in [3.63, 3.8) is 0 Å². The largest absolute Gasteiger partial charge is 0.333 e. The minimum absolute atomic E-state index is 0.256. The Hall–Kier alpha value is -3.67. The number of rotatable bonds is 3.